The first-order valence-corrected chi connectivity index (χ1v) is 11.6. The zero-order chi connectivity index (χ0) is 20.8. The van der Waals surface area contributed by atoms with Crippen LogP contribution in [-0.4, -0.2) is 67.6 Å². The van der Waals surface area contributed by atoms with E-state index >= 15 is 0 Å². The molecule has 1 unspecified atom stereocenters. The molecule has 6 heteroatoms. The smallest absolute Gasteiger partial charge is 0.257 e. The fourth-order valence-corrected chi connectivity index (χ4v) is 4.85. The topological polar surface area (TPSA) is 59.1 Å². The normalized spacial score (nSPS) is 23.3. The maximum atomic E-state index is 13.0. The molecule has 164 valence electrons. The van der Waals surface area contributed by atoms with Crippen molar-refractivity contribution in [2.45, 2.75) is 44.9 Å². The molecule has 0 saturated carbocycles. The molecule has 0 spiro atoms. The minimum Gasteiger partial charge on any atom is -0.492 e. The maximum Gasteiger partial charge on any atom is 0.257 e. The van der Waals surface area contributed by atoms with Crippen molar-refractivity contribution in [3.05, 3.63) is 29.8 Å². The van der Waals surface area contributed by atoms with E-state index in [2.05, 4.69) is 0 Å². The molecular formula is C24H34N2O4. The summed E-state index contributed by atoms with van der Waals surface area (Å²) < 4.78 is 11.6. The van der Waals surface area contributed by atoms with Crippen LogP contribution in [0.2, 0.25) is 0 Å². The van der Waals surface area contributed by atoms with Crippen LogP contribution in [0.5, 0.6) is 5.75 Å². The highest BCUT2D eigenvalue weighted by molar-refractivity contribution is 5.97. The van der Waals surface area contributed by atoms with Crippen LogP contribution in [0.25, 0.3) is 0 Å². The number of likely N-dealkylation sites (tertiary alicyclic amines) is 2. The molecular weight excluding hydrogens is 380 g/mol. The van der Waals surface area contributed by atoms with Gasteiger partial charge < -0.3 is 19.3 Å². The predicted octanol–water partition coefficient (Wildman–Crippen LogP) is 3.36. The summed E-state index contributed by atoms with van der Waals surface area (Å²) in [5.41, 5.74) is 0.658. The van der Waals surface area contributed by atoms with Gasteiger partial charge in [-0.05, 0) is 57.1 Å². The highest BCUT2D eigenvalue weighted by atomic mass is 16.5. The summed E-state index contributed by atoms with van der Waals surface area (Å²) in [7, 11) is 0. The summed E-state index contributed by atoms with van der Waals surface area (Å²) in [5, 5.41) is 0. The van der Waals surface area contributed by atoms with Gasteiger partial charge >= 0.3 is 0 Å². The highest BCUT2D eigenvalue weighted by Crippen LogP contribution is 2.26. The van der Waals surface area contributed by atoms with E-state index in [1.54, 1.807) is 0 Å². The van der Waals surface area contributed by atoms with Crippen LogP contribution in [0.3, 0.4) is 0 Å². The van der Waals surface area contributed by atoms with Crippen LogP contribution in [0.1, 0.15) is 55.3 Å². The number of carbonyl (C=O) groups is 2. The number of ether oxygens (including phenoxy) is 2. The van der Waals surface area contributed by atoms with Crippen molar-refractivity contribution in [3.8, 4) is 5.75 Å². The molecule has 1 aromatic rings. The Balaban J connectivity index is 1.34. The molecule has 30 heavy (non-hydrogen) atoms. The van der Waals surface area contributed by atoms with Gasteiger partial charge in [0.2, 0.25) is 5.91 Å². The largest absolute Gasteiger partial charge is 0.492 e. The number of hydrogen-bond acceptors (Lipinski definition) is 4. The number of nitrogens with zero attached hydrogens (tertiary/aromatic N) is 2. The van der Waals surface area contributed by atoms with Gasteiger partial charge in [0.1, 0.15) is 5.75 Å². The molecule has 0 bridgehead atoms. The minimum atomic E-state index is 0.0743. The van der Waals surface area contributed by atoms with Gasteiger partial charge in [-0.25, -0.2) is 0 Å². The second kappa shape index (κ2) is 10.3. The number of amides is 2. The molecule has 4 rings (SSSR count). The lowest BCUT2D eigenvalue weighted by molar-refractivity contribution is -0.140. The standard InChI is InChI=1S/C24H34N2O4/c27-23(20-10-15-29-16-11-20)26-14-6-7-19(17-26)18-30-22-9-3-2-8-21(22)24(28)25-12-4-1-5-13-25/h2-3,8-9,19-20H,1,4-7,10-18H2. The van der Waals surface area contributed by atoms with Crippen molar-refractivity contribution in [1.29, 1.82) is 0 Å². The molecule has 1 atom stereocenters. The fourth-order valence-electron chi connectivity index (χ4n) is 4.85. The Morgan fingerprint density at radius 1 is 0.933 bits per heavy atom. The lowest BCUT2D eigenvalue weighted by Gasteiger charge is -2.36. The molecule has 0 aromatic heterocycles. The summed E-state index contributed by atoms with van der Waals surface area (Å²) in [6, 6.07) is 7.59. The van der Waals surface area contributed by atoms with Crippen molar-refractivity contribution in [3.63, 3.8) is 0 Å². The summed E-state index contributed by atoms with van der Waals surface area (Å²) in [5.74, 6) is 1.44. The van der Waals surface area contributed by atoms with Gasteiger partial charge in [-0.1, -0.05) is 12.1 Å². The molecule has 3 fully saturated rings. The SMILES string of the molecule is O=C(c1ccccc1OCC1CCCN(C(=O)C2CCOCC2)C1)N1CCCCC1. The Morgan fingerprint density at radius 3 is 2.47 bits per heavy atom. The van der Waals surface area contributed by atoms with Crippen molar-refractivity contribution in [1.82, 2.24) is 9.80 Å². The molecule has 6 nitrogen and oxygen atoms in total. The first-order valence-electron chi connectivity index (χ1n) is 11.6. The molecule has 0 radical (unpaired) electrons. The van der Waals surface area contributed by atoms with Gasteiger partial charge in [-0.3, -0.25) is 9.59 Å². The molecule has 2 amide bonds. The van der Waals surface area contributed by atoms with E-state index in [1.807, 2.05) is 34.1 Å². The van der Waals surface area contributed by atoms with Gasteiger partial charge in [0.15, 0.2) is 0 Å². The molecule has 0 aliphatic carbocycles. The number of para-hydroxylation sites is 1. The molecule has 3 aliphatic rings. The van der Waals surface area contributed by atoms with E-state index in [0.29, 0.717) is 37.1 Å². The predicted molar refractivity (Wildman–Crippen MR) is 115 cm³/mol. The molecule has 0 N–H and O–H groups in total. The van der Waals surface area contributed by atoms with Crippen LogP contribution in [0.4, 0.5) is 0 Å². The quantitative estimate of drug-likeness (QED) is 0.741. The number of piperidine rings is 2. The average molecular weight is 415 g/mol. The zero-order valence-corrected chi connectivity index (χ0v) is 17.9. The van der Waals surface area contributed by atoms with E-state index in [0.717, 1.165) is 64.7 Å². The summed E-state index contributed by atoms with van der Waals surface area (Å²) in [6.45, 7) is 5.19. The monoisotopic (exact) mass is 414 g/mol. The van der Waals surface area contributed by atoms with Crippen LogP contribution >= 0.6 is 0 Å². The zero-order valence-electron chi connectivity index (χ0n) is 17.9. The van der Waals surface area contributed by atoms with Gasteiger partial charge in [-0.2, -0.15) is 0 Å². The Morgan fingerprint density at radius 2 is 1.67 bits per heavy atom. The van der Waals surface area contributed by atoms with Crippen molar-refractivity contribution in [2.75, 3.05) is 46.0 Å². The van der Waals surface area contributed by atoms with E-state index < -0.39 is 0 Å². The molecule has 3 aliphatic heterocycles. The van der Waals surface area contributed by atoms with E-state index in [4.69, 9.17) is 9.47 Å². The fraction of sp³-hybridized carbons (Fsp3) is 0.667. The summed E-state index contributed by atoms with van der Waals surface area (Å²) in [4.78, 5) is 29.8. The van der Waals surface area contributed by atoms with Gasteiger partial charge in [0.05, 0.1) is 12.2 Å². The van der Waals surface area contributed by atoms with Crippen molar-refractivity contribution < 1.29 is 19.1 Å². The number of benzene rings is 1. The lowest BCUT2D eigenvalue weighted by atomic mass is 9.94. The second-order valence-electron chi connectivity index (χ2n) is 8.84. The Bertz CT molecular complexity index is 726. The lowest BCUT2D eigenvalue weighted by Crippen LogP contribution is -2.45. The van der Waals surface area contributed by atoms with E-state index in [9.17, 15) is 9.59 Å². The Labute approximate surface area is 179 Å². The second-order valence-corrected chi connectivity index (χ2v) is 8.84. The summed E-state index contributed by atoms with van der Waals surface area (Å²) >= 11 is 0. The third-order valence-corrected chi connectivity index (χ3v) is 6.64. The Hall–Kier alpha value is -2.08. The maximum absolute atomic E-state index is 13.0. The number of rotatable bonds is 5. The minimum absolute atomic E-state index is 0.0743. The van der Waals surface area contributed by atoms with Crippen molar-refractivity contribution in [2.24, 2.45) is 11.8 Å². The Kier molecular flexibility index (Phi) is 7.26. The third kappa shape index (κ3) is 5.15. The van der Waals surface area contributed by atoms with Crippen LogP contribution < -0.4 is 4.74 Å². The van der Waals surface area contributed by atoms with Crippen molar-refractivity contribution >= 4 is 11.8 Å². The molecule has 3 saturated heterocycles. The third-order valence-electron chi connectivity index (χ3n) is 6.64. The van der Waals surface area contributed by atoms with E-state index in [1.165, 1.54) is 6.42 Å². The molecule has 3 heterocycles. The van der Waals surface area contributed by atoms with Crippen LogP contribution in [0, 0.1) is 11.8 Å². The number of hydrogen-bond donors (Lipinski definition) is 0. The van der Waals surface area contributed by atoms with Crippen LogP contribution in [0.15, 0.2) is 24.3 Å². The van der Waals surface area contributed by atoms with Crippen LogP contribution in [-0.2, 0) is 9.53 Å². The first-order chi connectivity index (χ1) is 14.7. The van der Waals surface area contributed by atoms with E-state index in [-0.39, 0.29) is 17.7 Å². The average Bonchev–Trinajstić information content (AvgIpc) is 2.83. The van der Waals surface area contributed by atoms with Gasteiger partial charge in [0, 0.05) is 51.2 Å². The summed E-state index contributed by atoms with van der Waals surface area (Å²) in [6.07, 6.45) is 7.09. The van der Waals surface area contributed by atoms with Gasteiger partial charge in [-0.15, -0.1) is 0 Å². The van der Waals surface area contributed by atoms with Gasteiger partial charge in [0.25, 0.3) is 5.91 Å². The first kappa shape index (κ1) is 21.2. The number of carbonyl (C=O) groups excluding carboxylic acids is 2. The highest BCUT2D eigenvalue weighted by Gasteiger charge is 2.30. The molecule has 1 aromatic carbocycles.